The van der Waals surface area contributed by atoms with E-state index in [2.05, 4.69) is 10.3 Å². The number of hydrogen-bond acceptors (Lipinski definition) is 2. The molecule has 1 aliphatic rings. The average Bonchev–Trinajstić information content (AvgIpc) is 2.11. The summed E-state index contributed by atoms with van der Waals surface area (Å²) in [5.74, 6) is 0.657. The molecule has 0 radical (unpaired) electrons. The molecule has 4 heteroatoms. The first-order valence-electron chi connectivity index (χ1n) is 5.15. The molecule has 1 amide bonds. The molecule has 1 aliphatic carbocycles. The Balaban J connectivity index is 1.87. The molecule has 1 fully saturated rings. The van der Waals surface area contributed by atoms with Gasteiger partial charge in [0, 0.05) is 18.3 Å². The van der Waals surface area contributed by atoms with Crippen LogP contribution >= 0.6 is 11.6 Å². The van der Waals surface area contributed by atoms with Gasteiger partial charge in [0.15, 0.2) is 0 Å². The number of aromatic nitrogens is 1. The van der Waals surface area contributed by atoms with Crippen molar-refractivity contribution in [1.82, 2.24) is 4.98 Å². The smallest absolute Gasteiger partial charge is 0.224 e. The zero-order valence-electron chi connectivity index (χ0n) is 8.37. The highest BCUT2D eigenvalue weighted by Crippen LogP contribution is 2.29. The fourth-order valence-electron chi connectivity index (χ4n) is 1.65. The molecule has 1 N–H and O–H groups in total. The highest BCUT2D eigenvalue weighted by molar-refractivity contribution is 6.29. The predicted molar refractivity (Wildman–Crippen MR) is 59.8 cm³/mol. The number of hydrogen-bond donors (Lipinski definition) is 1. The van der Waals surface area contributed by atoms with E-state index in [4.69, 9.17) is 11.6 Å². The van der Waals surface area contributed by atoms with Gasteiger partial charge in [-0.2, -0.15) is 0 Å². The zero-order chi connectivity index (χ0) is 10.7. The van der Waals surface area contributed by atoms with Crippen LogP contribution in [0.5, 0.6) is 0 Å². The lowest BCUT2D eigenvalue weighted by atomic mass is 9.83. The van der Waals surface area contributed by atoms with Gasteiger partial charge in [-0.1, -0.05) is 18.0 Å². The summed E-state index contributed by atoms with van der Waals surface area (Å²) < 4.78 is 0. The molecule has 2 rings (SSSR count). The van der Waals surface area contributed by atoms with Crippen molar-refractivity contribution in [2.24, 2.45) is 5.92 Å². The Hall–Kier alpha value is -1.09. The summed E-state index contributed by atoms with van der Waals surface area (Å²) in [6.07, 6.45) is 5.84. The molecule has 0 aromatic carbocycles. The largest absolute Gasteiger partial charge is 0.326 e. The summed E-state index contributed by atoms with van der Waals surface area (Å²) in [5, 5.41) is 3.22. The number of pyridine rings is 1. The molecule has 80 valence electrons. The maximum atomic E-state index is 11.6. The number of carbonyl (C=O) groups excluding carboxylic acids is 1. The van der Waals surface area contributed by atoms with Crippen LogP contribution in [0.4, 0.5) is 5.69 Å². The van der Waals surface area contributed by atoms with Gasteiger partial charge in [-0.25, -0.2) is 4.98 Å². The van der Waals surface area contributed by atoms with Gasteiger partial charge in [-0.05, 0) is 30.9 Å². The quantitative estimate of drug-likeness (QED) is 0.803. The number of carbonyl (C=O) groups is 1. The molecule has 15 heavy (non-hydrogen) atoms. The molecule has 0 aliphatic heterocycles. The van der Waals surface area contributed by atoms with Crippen LogP contribution in [-0.2, 0) is 4.79 Å². The molecule has 1 aromatic rings. The van der Waals surface area contributed by atoms with Crippen LogP contribution in [0.2, 0.25) is 5.15 Å². The van der Waals surface area contributed by atoms with Gasteiger partial charge in [0.05, 0.1) is 0 Å². The normalized spacial score (nSPS) is 15.8. The Bertz CT molecular complexity index is 363. The Morgan fingerprint density at radius 2 is 2.40 bits per heavy atom. The third kappa shape index (κ3) is 2.93. The van der Waals surface area contributed by atoms with Crippen molar-refractivity contribution in [2.45, 2.75) is 25.7 Å². The maximum Gasteiger partial charge on any atom is 0.224 e. The zero-order valence-corrected chi connectivity index (χ0v) is 9.13. The van der Waals surface area contributed by atoms with Crippen LogP contribution in [0.15, 0.2) is 18.3 Å². The molecule has 0 spiro atoms. The van der Waals surface area contributed by atoms with Crippen molar-refractivity contribution in [3.05, 3.63) is 23.5 Å². The minimum absolute atomic E-state index is 0.0713. The number of anilines is 1. The van der Waals surface area contributed by atoms with Crippen molar-refractivity contribution in [2.75, 3.05) is 5.32 Å². The predicted octanol–water partition coefficient (Wildman–Crippen LogP) is 2.86. The summed E-state index contributed by atoms with van der Waals surface area (Å²) >= 11 is 5.71. The first-order valence-corrected chi connectivity index (χ1v) is 5.53. The number of rotatable bonds is 3. The summed E-state index contributed by atoms with van der Waals surface area (Å²) in [7, 11) is 0. The Morgan fingerprint density at radius 1 is 1.60 bits per heavy atom. The fraction of sp³-hybridized carbons (Fsp3) is 0.455. The standard InChI is InChI=1S/C11H13ClN2O/c12-10-7-9(4-5-13-10)14-11(15)6-8-2-1-3-8/h4-5,7-8H,1-3,6H2,(H,13,14,15). The first kappa shape index (κ1) is 10.4. The van der Waals surface area contributed by atoms with Crippen LogP contribution in [0.25, 0.3) is 0 Å². The minimum Gasteiger partial charge on any atom is -0.326 e. The fourth-order valence-corrected chi connectivity index (χ4v) is 1.83. The van der Waals surface area contributed by atoms with E-state index < -0.39 is 0 Å². The van der Waals surface area contributed by atoms with Crippen LogP contribution in [0.1, 0.15) is 25.7 Å². The molecule has 3 nitrogen and oxygen atoms in total. The third-order valence-corrected chi connectivity index (χ3v) is 2.92. The van der Waals surface area contributed by atoms with Crippen LogP contribution < -0.4 is 5.32 Å². The summed E-state index contributed by atoms with van der Waals surface area (Å²) in [5.41, 5.74) is 0.722. The topological polar surface area (TPSA) is 42.0 Å². The Kier molecular flexibility index (Phi) is 3.21. The highest BCUT2D eigenvalue weighted by Gasteiger charge is 2.20. The lowest BCUT2D eigenvalue weighted by molar-refractivity contribution is -0.117. The third-order valence-electron chi connectivity index (χ3n) is 2.71. The van der Waals surface area contributed by atoms with E-state index in [1.54, 1.807) is 18.3 Å². The number of amides is 1. The van der Waals surface area contributed by atoms with E-state index >= 15 is 0 Å². The second kappa shape index (κ2) is 4.62. The van der Waals surface area contributed by atoms with Gasteiger partial charge in [0.2, 0.25) is 5.91 Å². The summed E-state index contributed by atoms with van der Waals surface area (Å²) in [6.45, 7) is 0. The Labute approximate surface area is 93.8 Å². The van der Waals surface area contributed by atoms with Gasteiger partial charge in [0.25, 0.3) is 0 Å². The maximum absolute atomic E-state index is 11.6. The van der Waals surface area contributed by atoms with E-state index in [9.17, 15) is 4.79 Å². The van der Waals surface area contributed by atoms with Gasteiger partial charge in [-0.3, -0.25) is 4.79 Å². The first-order chi connectivity index (χ1) is 7.24. The lowest BCUT2D eigenvalue weighted by Gasteiger charge is -2.24. The van der Waals surface area contributed by atoms with Crippen molar-refractivity contribution in [3.8, 4) is 0 Å². The summed E-state index contributed by atoms with van der Waals surface area (Å²) in [6, 6.07) is 3.39. The van der Waals surface area contributed by atoms with Gasteiger partial charge in [0.1, 0.15) is 5.15 Å². The van der Waals surface area contributed by atoms with E-state index in [1.165, 1.54) is 19.3 Å². The lowest BCUT2D eigenvalue weighted by Crippen LogP contribution is -2.20. The molecule has 0 bridgehead atoms. The minimum atomic E-state index is 0.0713. The van der Waals surface area contributed by atoms with Gasteiger partial charge >= 0.3 is 0 Å². The van der Waals surface area contributed by atoms with E-state index in [0.29, 0.717) is 17.5 Å². The van der Waals surface area contributed by atoms with Crippen LogP contribution in [0, 0.1) is 5.92 Å². The molecule has 0 unspecified atom stereocenters. The second-order valence-electron chi connectivity index (χ2n) is 3.92. The molecule has 0 saturated heterocycles. The molecule has 1 heterocycles. The van der Waals surface area contributed by atoms with Crippen molar-refractivity contribution >= 4 is 23.2 Å². The van der Waals surface area contributed by atoms with Crippen LogP contribution in [0.3, 0.4) is 0 Å². The molecule has 1 saturated carbocycles. The van der Waals surface area contributed by atoms with E-state index in [1.807, 2.05) is 0 Å². The van der Waals surface area contributed by atoms with Crippen molar-refractivity contribution in [1.29, 1.82) is 0 Å². The highest BCUT2D eigenvalue weighted by atomic mass is 35.5. The molecular weight excluding hydrogens is 212 g/mol. The molecular formula is C11H13ClN2O. The van der Waals surface area contributed by atoms with E-state index in [-0.39, 0.29) is 5.91 Å². The molecule has 0 atom stereocenters. The SMILES string of the molecule is O=C(CC1CCC1)Nc1ccnc(Cl)c1. The monoisotopic (exact) mass is 224 g/mol. The number of halogens is 1. The van der Waals surface area contributed by atoms with Crippen molar-refractivity contribution in [3.63, 3.8) is 0 Å². The van der Waals surface area contributed by atoms with Crippen molar-refractivity contribution < 1.29 is 4.79 Å². The molecule has 1 aromatic heterocycles. The number of nitrogens with zero attached hydrogens (tertiary/aromatic N) is 1. The summed E-state index contributed by atoms with van der Waals surface area (Å²) in [4.78, 5) is 15.4. The Morgan fingerprint density at radius 3 is 3.00 bits per heavy atom. The van der Waals surface area contributed by atoms with E-state index in [0.717, 1.165) is 5.69 Å². The van der Waals surface area contributed by atoms with Gasteiger partial charge in [-0.15, -0.1) is 0 Å². The van der Waals surface area contributed by atoms with Crippen LogP contribution in [-0.4, -0.2) is 10.9 Å². The second-order valence-corrected chi connectivity index (χ2v) is 4.30. The van der Waals surface area contributed by atoms with Gasteiger partial charge < -0.3 is 5.32 Å². The number of nitrogens with one attached hydrogen (secondary N) is 1. The average molecular weight is 225 g/mol.